The van der Waals surface area contributed by atoms with E-state index in [9.17, 15) is 0 Å². The Bertz CT molecular complexity index is 420. The summed E-state index contributed by atoms with van der Waals surface area (Å²) in [6, 6.07) is 2.53. The second-order valence-corrected chi connectivity index (χ2v) is 13.1. The summed E-state index contributed by atoms with van der Waals surface area (Å²) in [4.78, 5) is 0. The molecule has 1 N–H and O–H groups in total. The first kappa shape index (κ1) is 22.2. The predicted molar refractivity (Wildman–Crippen MR) is 98.9 cm³/mol. The zero-order chi connectivity index (χ0) is 17.3. The molecule has 124 valence electrons. The monoisotopic (exact) mass is 353 g/mol. The standard InChI is InChI=1S/C9H13.C6H12N.C4H10Si.Ti/c1-6-5-7(2)9(4)8(6)3;7-6-4-2-1-3-5-6;1-4(2)5-3;/h5H,1-4H3;6-7H,1-5H2;4H,1-3H3;/q2*-1;;+2. The van der Waals surface area contributed by atoms with Crippen LogP contribution in [0.4, 0.5) is 0 Å². The van der Waals surface area contributed by atoms with Gasteiger partial charge in [-0.3, -0.25) is 0 Å². The van der Waals surface area contributed by atoms with Gasteiger partial charge < -0.3 is 5.73 Å². The molecule has 1 aliphatic rings. The third kappa shape index (κ3) is 9.40. The fourth-order valence-corrected chi connectivity index (χ4v) is 2.24. The van der Waals surface area contributed by atoms with Crippen molar-refractivity contribution in [2.24, 2.45) is 0 Å². The van der Waals surface area contributed by atoms with Crippen LogP contribution in [0.3, 0.4) is 0 Å². The van der Waals surface area contributed by atoms with Gasteiger partial charge in [0.1, 0.15) is 0 Å². The van der Waals surface area contributed by atoms with Crippen LogP contribution in [-0.4, -0.2) is 12.2 Å². The maximum atomic E-state index is 7.27. The zero-order valence-electron chi connectivity index (χ0n) is 15.8. The van der Waals surface area contributed by atoms with Crippen LogP contribution < -0.4 is 0 Å². The first-order valence-electron chi connectivity index (χ1n) is 8.63. The van der Waals surface area contributed by atoms with Crippen LogP contribution in [0.5, 0.6) is 0 Å². The van der Waals surface area contributed by atoms with Crippen LogP contribution in [0, 0.1) is 27.7 Å². The molecule has 0 atom stereocenters. The molecule has 1 aliphatic carbocycles. The first-order valence-corrected chi connectivity index (χ1v) is 13.0. The number of aryl methyl sites for hydroxylation is 2. The van der Waals surface area contributed by atoms with E-state index in [2.05, 4.69) is 73.3 Å². The van der Waals surface area contributed by atoms with E-state index in [1.165, 1.54) is 41.5 Å². The second-order valence-electron chi connectivity index (χ2n) is 6.93. The summed E-state index contributed by atoms with van der Waals surface area (Å²) in [5.41, 5.74) is 14.0. The van der Waals surface area contributed by atoms with Crippen LogP contribution in [0.15, 0.2) is 6.07 Å². The topological polar surface area (TPSA) is 23.8 Å². The molecule has 1 aromatic rings. The zero-order valence-corrected chi connectivity index (χ0v) is 18.3. The van der Waals surface area contributed by atoms with E-state index in [0.29, 0.717) is 0 Å². The fraction of sp³-hybridized carbons (Fsp3) is 0.737. The van der Waals surface area contributed by atoms with Gasteiger partial charge in [0.2, 0.25) is 0 Å². The van der Waals surface area contributed by atoms with Crippen molar-refractivity contribution in [1.29, 1.82) is 0 Å². The van der Waals surface area contributed by atoms with E-state index >= 15 is 0 Å². The Morgan fingerprint density at radius 1 is 1.18 bits per heavy atom. The average Bonchev–Trinajstić information content (AvgIpc) is 2.67. The van der Waals surface area contributed by atoms with Gasteiger partial charge >= 0.3 is 51.3 Å². The molecule has 22 heavy (non-hydrogen) atoms. The van der Waals surface area contributed by atoms with Crippen molar-refractivity contribution >= 4 is 6.19 Å². The van der Waals surface area contributed by atoms with E-state index in [0.717, 1.165) is 18.4 Å². The Hall–Kier alpha value is 0.241. The van der Waals surface area contributed by atoms with Gasteiger partial charge in [0.05, 0.1) is 0 Å². The van der Waals surface area contributed by atoms with Crippen LogP contribution in [0.1, 0.15) is 68.2 Å². The molecule has 1 nitrogen and oxygen atoms in total. The molecule has 0 spiro atoms. The molecule has 0 unspecified atom stereocenters. The molecule has 3 heteroatoms. The number of hydrogen-bond donors (Lipinski definition) is 0. The van der Waals surface area contributed by atoms with Gasteiger partial charge in [0.15, 0.2) is 0 Å². The molecule has 0 bridgehead atoms. The van der Waals surface area contributed by atoms with Crippen molar-refractivity contribution in [3.63, 3.8) is 0 Å². The SMILES string of the molecule is CC(C)[Si](C)=[Ti+2].Cc1c[c-](C)c(C)c1C.[NH-]C1CCCCC1. The molecular weight excluding hydrogens is 318 g/mol. The van der Waals surface area contributed by atoms with Crippen LogP contribution >= 0.6 is 0 Å². The Labute approximate surface area is 151 Å². The summed E-state index contributed by atoms with van der Waals surface area (Å²) in [7, 11) is 0. The van der Waals surface area contributed by atoms with Gasteiger partial charge in [-0.05, 0) is 0 Å². The van der Waals surface area contributed by atoms with E-state index < -0.39 is 0 Å². The van der Waals surface area contributed by atoms with Crippen LogP contribution in [0.2, 0.25) is 12.1 Å². The largest absolute Gasteiger partial charge is 0.675 e. The molecule has 1 fully saturated rings. The predicted octanol–water partition coefficient (Wildman–Crippen LogP) is 6.57. The van der Waals surface area contributed by atoms with Gasteiger partial charge in [-0.1, -0.05) is 59.8 Å². The molecule has 1 aromatic carbocycles. The molecular formula is C19H35NSiTi. The smallest absolute Gasteiger partial charge is 0.0534 e. The molecule has 0 saturated heterocycles. The minimum absolute atomic E-state index is 0.0484. The fourth-order valence-electron chi connectivity index (χ4n) is 2.24. The van der Waals surface area contributed by atoms with Crippen molar-refractivity contribution in [2.45, 2.75) is 91.8 Å². The summed E-state index contributed by atoms with van der Waals surface area (Å²) in [6.07, 6.45) is 6.32. The minimum atomic E-state index is 0.0484. The van der Waals surface area contributed by atoms with E-state index in [1.807, 2.05) is 0 Å². The summed E-state index contributed by atoms with van der Waals surface area (Å²) in [5, 5.41) is 0. The normalized spacial score (nSPS) is 14.9. The first-order chi connectivity index (χ1) is 10.2. The average molecular weight is 353 g/mol. The third-order valence-corrected chi connectivity index (χ3v) is 9.09. The molecule has 0 amide bonds. The van der Waals surface area contributed by atoms with Crippen LogP contribution in [-0.2, 0) is 19.2 Å². The second kappa shape index (κ2) is 11.7. The Morgan fingerprint density at radius 3 is 1.77 bits per heavy atom. The molecule has 0 heterocycles. The third-order valence-electron chi connectivity index (χ3n) is 4.65. The number of nitrogens with one attached hydrogen (secondary N) is 1. The Kier molecular flexibility index (Phi) is 11.9. The van der Waals surface area contributed by atoms with Crippen molar-refractivity contribution in [3.8, 4) is 0 Å². The summed E-state index contributed by atoms with van der Waals surface area (Å²) >= 11 is 2.34. The van der Waals surface area contributed by atoms with Crippen LogP contribution in [0.25, 0.3) is 5.73 Å². The summed E-state index contributed by atoms with van der Waals surface area (Å²) < 4.78 is 0. The molecule has 2 rings (SSSR count). The van der Waals surface area contributed by atoms with Gasteiger partial charge in [-0.2, -0.15) is 28.3 Å². The maximum absolute atomic E-state index is 7.27. The Morgan fingerprint density at radius 2 is 1.64 bits per heavy atom. The van der Waals surface area contributed by atoms with Crippen molar-refractivity contribution < 1.29 is 19.2 Å². The van der Waals surface area contributed by atoms with Gasteiger partial charge in [0, 0.05) is 0 Å². The minimum Gasteiger partial charge on any atom is -0.675 e. The van der Waals surface area contributed by atoms with Gasteiger partial charge in [0.25, 0.3) is 0 Å². The maximum Gasteiger partial charge on any atom is -0.0534 e. The Balaban J connectivity index is 0.000000309. The van der Waals surface area contributed by atoms with E-state index in [4.69, 9.17) is 5.73 Å². The number of hydrogen-bond acceptors (Lipinski definition) is 0. The summed E-state index contributed by atoms with van der Waals surface area (Å²) in [6.45, 7) is 15.6. The molecule has 0 radical (unpaired) electrons. The van der Waals surface area contributed by atoms with Crippen molar-refractivity contribution in [1.82, 2.24) is 0 Å². The van der Waals surface area contributed by atoms with Crippen molar-refractivity contribution in [2.75, 3.05) is 0 Å². The van der Waals surface area contributed by atoms with Gasteiger partial charge in [-0.25, -0.2) is 0 Å². The van der Waals surface area contributed by atoms with Crippen molar-refractivity contribution in [3.05, 3.63) is 34.1 Å². The number of rotatable bonds is 1. The van der Waals surface area contributed by atoms with E-state index in [1.54, 1.807) is 0 Å². The quantitative estimate of drug-likeness (QED) is 0.402. The van der Waals surface area contributed by atoms with Gasteiger partial charge in [-0.15, -0.1) is 6.04 Å². The molecule has 0 aliphatic heterocycles. The summed E-state index contributed by atoms with van der Waals surface area (Å²) in [5.74, 6) is 0. The van der Waals surface area contributed by atoms with E-state index in [-0.39, 0.29) is 12.2 Å². The molecule has 1 saturated carbocycles. The molecule has 0 aromatic heterocycles.